The van der Waals surface area contributed by atoms with E-state index in [1.807, 2.05) is 0 Å². The smallest absolute Gasteiger partial charge is 0.134 e. The van der Waals surface area contributed by atoms with Crippen LogP contribution in [0, 0.1) is 13.8 Å². The summed E-state index contributed by atoms with van der Waals surface area (Å²) in [6, 6.07) is 6.40. The highest BCUT2D eigenvalue weighted by molar-refractivity contribution is 5.79. The second-order valence-corrected chi connectivity index (χ2v) is 5.36. The predicted octanol–water partition coefficient (Wildman–Crippen LogP) is 2.62. The molecular weight excluding hydrogens is 226 g/mol. The highest BCUT2D eigenvalue weighted by atomic mass is 16.3. The van der Waals surface area contributed by atoms with Gasteiger partial charge in [-0.25, -0.2) is 0 Å². The standard InChI is InChI=1S/C15H19NO2/c1-10-5-12-7-14(18-15(12)6-11(10)2)9-16-4-3-13(17)8-16/h5-7,13,17H,3-4,8-9H2,1-2H3/t13-/m0/s1. The Balaban J connectivity index is 1.85. The van der Waals surface area contributed by atoms with Crippen molar-refractivity contribution in [2.24, 2.45) is 0 Å². The van der Waals surface area contributed by atoms with Gasteiger partial charge in [0.25, 0.3) is 0 Å². The first-order valence-electron chi connectivity index (χ1n) is 6.52. The number of likely N-dealkylation sites (tertiary alicyclic amines) is 1. The number of hydrogen-bond donors (Lipinski definition) is 1. The largest absolute Gasteiger partial charge is 0.460 e. The molecule has 0 aliphatic carbocycles. The van der Waals surface area contributed by atoms with Crippen molar-refractivity contribution in [2.45, 2.75) is 32.9 Å². The third-order valence-corrected chi connectivity index (χ3v) is 3.81. The predicted molar refractivity (Wildman–Crippen MR) is 71.6 cm³/mol. The van der Waals surface area contributed by atoms with Crippen LogP contribution in [0.5, 0.6) is 0 Å². The molecule has 1 fully saturated rings. The van der Waals surface area contributed by atoms with Crippen molar-refractivity contribution in [3.05, 3.63) is 35.1 Å². The molecule has 1 atom stereocenters. The Labute approximate surface area is 107 Å². The molecule has 2 aromatic rings. The summed E-state index contributed by atoms with van der Waals surface area (Å²) in [7, 11) is 0. The Bertz CT molecular complexity index is 534. The lowest BCUT2D eigenvalue weighted by Crippen LogP contribution is -2.21. The topological polar surface area (TPSA) is 36.6 Å². The van der Waals surface area contributed by atoms with Gasteiger partial charge in [0.2, 0.25) is 0 Å². The van der Waals surface area contributed by atoms with Gasteiger partial charge in [-0.2, -0.15) is 0 Å². The molecule has 0 amide bonds. The van der Waals surface area contributed by atoms with Gasteiger partial charge in [0.15, 0.2) is 0 Å². The van der Waals surface area contributed by atoms with Crippen molar-refractivity contribution < 1.29 is 9.52 Å². The van der Waals surface area contributed by atoms with Gasteiger partial charge in [-0.05, 0) is 49.6 Å². The maximum Gasteiger partial charge on any atom is 0.134 e. The summed E-state index contributed by atoms with van der Waals surface area (Å²) in [6.07, 6.45) is 0.706. The molecule has 3 rings (SSSR count). The van der Waals surface area contributed by atoms with Crippen LogP contribution in [0.3, 0.4) is 0 Å². The van der Waals surface area contributed by atoms with Gasteiger partial charge < -0.3 is 9.52 Å². The molecule has 1 N–H and O–H groups in total. The van der Waals surface area contributed by atoms with Crippen LogP contribution in [-0.2, 0) is 6.54 Å². The zero-order valence-electron chi connectivity index (χ0n) is 10.9. The van der Waals surface area contributed by atoms with Crippen LogP contribution in [0.2, 0.25) is 0 Å². The molecule has 1 aliphatic rings. The Morgan fingerprint density at radius 3 is 2.78 bits per heavy atom. The third-order valence-electron chi connectivity index (χ3n) is 3.81. The first-order valence-corrected chi connectivity index (χ1v) is 6.52. The molecule has 3 nitrogen and oxygen atoms in total. The fourth-order valence-electron chi connectivity index (χ4n) is 2.61. The van der Waals surface area contributed by atoms with Gasteiger partial charge >= 0.3 is 0 Å². The van der Waals surface area contributed by atoms with Crippen molar-refractivity contribution in [2.75, 3.05) is 13.1 Å². The van der Waals surface area contributed by atoms with Gasteiger partial charge in [0, 0.05) is 18.5 Å². The summed E-state index contributed by atoms with van der Waals surface area (Å²) in [5, 5.41) is 10.7. The van der Waals surface area contributed by atoms with Crippen molar-refractivity contribution >= 4 is 11.0 Å². The number of β-amino-alcohol motifs (C(OH)–C–C–N with tert-alkyl or cyclic N) is 1. The maximum absolute atomic E-state index is 9.52. The molecule has 18 heavy (non-hydrogen) atoms. The minimum Gasteiger partial charge on any atom is -0.460 e. The third kappa shape index (κ3) is 2.16. The van der Waals surface area contributed by atoms with E-state index in [1.165, 1.54) is 16.5 Å². The fourth-order valence-corrected chi connectivity index (χ4v) is 2.61. The van der Waals surface area contributed by atoms with Crippen LogP contribution in [0.15, 0.2) is 22.6 Å². The van der Waals surface area contributed by atoms with Crippen LogP contribution in [0.1, 0.15) is 23.3 Å². The number of aliphatic hydroxyl groups excluding tert-OH is 1. The van der Waals surface area contributed by atoms with Crippen LogP contribution in [-0.4, -0.2) is 29.2 Å². The van der Waals surface area contributed by atoms with E-state index >= 15 is 0 Å². The molecule has 0 saturated carbocycles. The molecule has 2 heterocycles. The average Bonchev–Trinajstić information content (AvgIpc) is 2.86. The van der Waals surface area contributed by atoms with Crippen molar-refractivity contribution in [3.63, 3.8) is 0 Å². The number of aliphatic hydroxyl groups is 1. The van der Waals surface area contributed by atoms with E-state index in [9.17, 15) is 5.11 Å². The van der Waals surface area contributed by atoms with Crippen molar-refractivity contribution in [3.8, 4) is 0 Å². The quantitative estimate of drug-likeness (QED) is 0.883. The van der Waals surface area contributed by atoms with E-state index in [1.54, 1.807) is 0 Å². The van der Waals surface area contributed by atoms with E-state index in [2.05, 4.69) is 36.9 Å². The maximum atomic E-state index is 9.52. The van der Waals surface area contributed by atoms with Gasteiger partial charge in [-0.15, -0.1) is 0 Å². The number of furan rings is 1. The average molecular weight is 245 g/mol. The minimum absolute atomic E-state index is 0.168. The molecule has 0 bridgehead atoms. The second-order valence-electron chi connectivity index (χ2n) is 5.36. The zero-order chi connectivity index (χ0) is 12.7. The molecule has 96 valence electrons. The first-order chi connectivity index (χ1) is 8.61. The van der Waals surface area contributed by atoms with Crippen LogP contribution in [0.4, 0.5) is 0 Å². The first kappa shape index (κ1) is 11.8. The summed E-state index contributed by atoms with van der Waals surface area (Å²) in [5.74, 6) is 0.990. The second kappa shape index (κ2) is 4.41. The monoisotopic (exact) mass is 245 g/mol. The van der Waals surface area contributed by atoms with Crippen molar-refractivity contribution in [1.82, 2.24) is 4.90 Å². The Hall–Kier alpha value is -1.32. The Morgan fingerprint density at radius 1 is 1.28 bits per heavy atom. The molecule has 1 saturated heterocycles. The molecule has 3 heteroatoms. The lowest BCUT2D eigenvalue weighted by atomic mass is 10.1. The lowest BCUT2D eigenvalue weighted by molar-refractivity contribution is 0.172. The van der Waals surface area contributed by atoms with Gasteiger partial charge in [0.1, 0.15) is 11.3 Å². The summed E-state index contributed by atoms with van der Waals surface area (Å²) in [5.41, 5.74) is 3.53. The normalized spacial score (nSPS) is 20.9. The SMILES string of the molecule is Cc1cc2cc(CN3CC[C@H](O)C3)oc2cc1C. The van der Waals surface area contributed by atoms with E-state index in [4.69, 9.17) is 4.42 Å². The Kier molecular flexibility index (Phi) is 2.88. The van der Waals surface area contributed by atoms with Gasteiger partial charge in [-0.1, -0.05) is 0 Å². The number of fused-ring (bicyclic) bond motifs is 1. The summed E-state index contributed by atoms with van der Waals surface area (Å²) >= 11 is 0. The number of aryl methyl sites for hydroxylation is 2. The molecule has 1 aromatic carbocycles. The van der Waals surface area contributed by atoms with E-state index in [-0.39, 0.29) is 6.10 Å². The minimum atomic E-state index is -0.168. The number of nitrogens with zero attached hydrogens (tertiary/aromatic N) is 1. The number of rotatable bonds is 2. The summed E-state index contributed by atoms with van der Waals surface area (Å²) in [4.78, 5) is 2.24. The molecule has 1 aliphatic heterocycles. The number of hydrogen-bond acceptors (Lipinski definition) is 3. The van der Waals surface area contributed by atoms with E-state index in [0.717, 1.165) is 37.4 Å². The molecule has 0 unspecified atom stereocenters. The zero-order valence-corrected chi connectivity index (χ0v) is 10.9. The highest BCUT2D eigenvalue weighted by Crippen LogP contribution is 2.24. The van der Waals surface area contributed by atoms with Gasteiger partial charge in [0.05, 0.1) is 12.6 Å². The molecule has 0 radical (unpaired) electrons. The highest BCUT2D eigenvalue weighted by Gasteiger charge is 2.21. The molecular formula is C15H19NO2. The van der Waals surface area contributed by atoms with E-state index < -0.39 is 0 Å². The van der Waals surface area contributed by atoms with Crippen LogP contribution < -0.4 is 0 Å². The molecule has 1 aromatic heterocycles. The fraction of sp³-hybridized carbons (Fsp3) is 0.467. The summed E-state index contributed by atoms with van der Waals surface area (Å²) in [6.45, 7) is 6.74. The summed E-state index contributed by atoms with van der Waals surface area (Å²) < 4.78 is 5.88. The van der Waals surface area contributed by atoms with E-state index in [0.29, 0.717) is 0 Å². The Morgan fingerprint density at radius 2 is 2.06 bits per heavy atom. The van der Waals surface area contributed by atoms with Crippen LogP contribution >= 0.6 is 0 Å². The molecule has 0 spiro atoms. The van der Waals surface area contributed by atoms with Gasteiger partial charge in [-0.3, -0.25) is 4.90 Å². The van der Waals surface area contributed by atoms with Crippen LogP contribution in [0.25, 0.3) is 11.0 Å². The lowest BCUT2D eigenvalue weighted by Gasteiger charge is -2.12. The van der Waals surface area contributed by atoms with Crippen molar-refractivity contribution in [1.29, 1.82) is 0 Å². The number of benzene rings is 1.